The monoisotopic (exact) mass is 450 g/mol. The summed E-state index contributed by atoms with van der Waals surface area (Å²) in [6, 6.07) is 25.7. The van der Waals surface area contributed by atoms with E-state index in [0.717, 1.165) is 35.3 Å². The fourth-order valence-electron chi connectivity index (χ4n) is 4.34. The number of benzene rings is 3. The van der Waals surface area contributed by atoms with Crippen molar-refractivity contribution in [2.45, 2.75) is 25.9 Å². The summed E-state index contributed by atoms with van der Waals surface area (Å²) in [5.41, 5.74) is 5.74. The number of nitrogens with zero attached hydrogens (tertiary/aromatic N) is 3. The van der Waals surface area contributed by atoms with Crippen molar-refractivity contribution in [2.24, 2.45) is 0 Å². The summed E-state index contributed by atoms with van der Waals surface area (Å²) < 4.78 is 1.90. The van der Waals surface area contributed by atoms with Crippen LogP contribution in [0.2, 0.25) is 0 Å². The van der Waals surface area contributed by atoms with E-state index in [-0.39, 0.29) is 11.8 Å². The first-order valence-corrected chi connectivity index (χ1v) is 11.5. The molecule has 1 aliphatic heterocycles. The van der Waals surface area contributed by atoms with Gasteiger partial charge < -0.3 is 10.2 Å². The van der Waals surface area contributed by atoms with Gasteiger partial charge in [0.15, 0.2) is 0 Å². The highest BCUT2D eigenvalue weighted by molar-refractivity contribution is 5.99. The van der Waals surface area contributed by atoms with Crippen molar-refractivity contribution in [1.29, 1.82) is 0 Å². The SMILES string of the molecule is O=C(NCc1ccccc1-c1ccc(Cn2cccn2)cc1)c1cccc(N2CCCC2=O)c1. The van der Waals surface area contributed by atoms with Gasteiger partial charge in [-0.1, -0.05) is 54.6 Å². The summed E-state index contributed by atoms with van der Waals surface area (Å²) in [5.74, 6) is -0.0417. The van der Waals surface area contributed by atoms with Crippen molar-refractivity contribution in [3.63, 3.8) is 0 Å². The van der Waals surface area contributed by atoms with Gasteiger partial charge in [-0.05, 0) is 52.9 Å². The first kappa shape index (κ1) is 21.6. The average Bonchev–Trinajstić information content (AvgIpc) is 3.55. The van der Waals surface area contributed by atoms with Gasteiger partial charge in [0.25, 0.3) is 5.91 Å². The third kappa shape index (κ3) is 4.76. The molecule has 34 heavy (non-hydrogen) atoms. The fraction of sp³-hybridized carbons (Fsp3) is 0.179. The first-order chi connectivity index (χ1) is 16.7. The van der Waals surface area contributed by atoms with Gasteiger partial charge in [-0.3, -0.25) is 14.3 Å². The molecule has 2 heterocycles. The van der Waals surface area contributed by atoms with Gasteiger partial charge >= 0.3 is 0 Å². The summed E-state index contributed by atoms with van der Waals surface area (Å²) in [4.78, 5) is 26.7. The standard InChI is InChI=1S/C28H26N4O2/c33-27-10-4-17-32(27)25-8-3-7-23(18-25)28(34)29-19-24-6-1-2-9-26(24)22-13-11-21(12-14-22)20-31-16-5-15-30-31/h1-3,5-9,11-16,18H,4,10,17,19-20H2,(H,29,34). The fourth-order valence-corrected chi connectivity index (χ4v) is 4.34. The summed E-state index contributed by atoms with van der Waals surface area (Å²) in [7, 11) is 0. The van der Waals surface area contributed by atoms with Gasteiger partial charge in [0.05, 0.1) is 6.54 Å². The topological polar surface area (TPSA) is 67.2 Å². The van der Waals surface area contributed by atoms with Crippen LogP contribution in [0.25, 0.3) is 11.1 Å². The van der Waals surface area contributed by atoms with Crippen LogP contribution in [0.4, 0.5) is 5.69 Å². The molecule has 2 amide bonds. The van der Waals surface area contributed by atoms with Gasteiger partial charge in [-0.15, -0.1) is 0 Å². The molecule has 4 aromatic rings. The molecule has 0 radical (unpaired) electrons. The second-order valence-corrected chi connectivity index (χ2v) is 8.44. The van der Waals surface area contributed by atoms with Crippen LogP contribution in [-0.4, -0.2) is 28.1 Å². The molecule has 1 N–H and O–H groups in total. The van der Waals surface area contributed by atoms with Gasteiger partial charge in [0, 0.05) is 43.2 Å². The molecule has 0 spiro atoms. The van der Waals surface area contributed by atoms with E-state index in [2.05, 4.69) is 40.7 Å². The minimum absolute atomic E-state index is 0.113. The lowest BCUT2D eigenvalue weighted by Gasteiger charge is -2.16. The molecule has 1 fully saturated rings. The molecule has 0 saturated carbocycles. The number of nitrogens with one attached hydrogen (secondary N) is 1. The van der Waals surface area contributed by atoms with Crippen LogP contribution in [0.5, 0.6) is 0 Å². The average molecular weight is 451 g/mol. The maximum atomic E-state index is 12.9. The van der Waals surface area contributed by atoms with Crippen LogP contribution in [0, 0.1) is 0 Å². The minimum Gasteiger partial charge on any atom is -0.348 e. The molecule has 6 heteroatoms. The summed E-state index contributed by atoms with van der Waals surface area (Å²) >= 11 is 0. The Morgan fingerprint density at radius 3 is 2.59 bits per heavy atom. The zero-order chi connectivity index (χ0) is 23.3. The minimum atomic E-state index is -0.155. The van der Waals surface area contributed by atoms with E-state index >= 15 is 0 Å². The quantitative estimate of drug-likeness (QED) is 0.446. The number of carbonyl (C=O) groups excluding carboxylic acids is 2. The molecule has 0 unspecified atom stereocenters. The van der Waals surface area contributed by atoms with Crippen molar-refractivity contribution in [2.75, 3.05) is 11.4 Å². The molecule has 5 rings (SSSR count). The lowest BCUT2D eigenvalue weighted by Crippen LogP contribution is -2.26. The molecule has 1 aromatic heterocycles. The Balaban J connectivity index is 1.28. The summed E-state index contributed by atoms with van der Waals surface area (Å²) in [6.45, 7) is 1.85. The van der Waals surface area contributed by atoms with Crippen molar-refractivity contribution in [3.8, 4) is 11.1 Å². The number of aromatic nitrogens is 2. The van der Waals surface area contributed by atoms with Crippen LogP contribution in [0.1, 0.15) is 34.3 Å². The largest absolute Gasteiger partial charge is 0.348 e. The Morgan fingerprint density at radius 2 is 1.82 bits per heavy atom. The second kappa shape index (κ2) is 9.75. The van der Waals surface area contributed by atoms with E-state index in [1.165, 1.54) is 5.56 Å². The van der Waals surface area contributed by atoms with Crippen molar-refractivity contribution < 1.29 is 9.59 Å². The van der Waals surface area contributed by atoms with Crippen LogP contribution >= 0.6 is 0 Å². The van der Waals surface area contributed by atoms with Gasteiger partial charge in [-0.25, -0.2) is 0 Å². The van der Waals surface area contributed by atoms with Gasteiger partial charge in [0.1, 0.15) is 0 Å². The molecule has 6 nitrogen and oxygen atoms in total. The number of amides is 2. The lowest BCUT2D eigenvalue weighted by atomic mass is 9.98. The zero-order valence-electron chi connectivity index (χ0n) is 18.9. The Hall–Kier alpha value is -4.19. The predicted octanol–water partition coefficient (Wildman–Crippen LogP) is 4.66. The number of anilines is 1. The summed E-state index contributed by atoms with van der Waals surface area (Å²) in [6.07, 6.45) is 5.15. The first-order valence-electron chi connectivity index (χ1n) is 11.5. The highest BCUT2D eigenvalue weighted by atomic mass is 16.2. The third-order valence-electron chi connectivity index (χ3n) is 6.12. The molecule has 0 bridgehead atoms. The number of hydrogen-bond donors (Lipinski definition) is 1. The highest BCUT2D eigenvalue weighted by Gasteiger charge is 2.22. The maximum absolute atomic E-state index is 12.9. The second-order valence-electron chi connectivity index (χ2n) is 8.44. The third-order valence-corrected chi connectivity index (χ3v) is 6.12. The van der Waals surface area contributed by atoms with E-state index in [1.54, 1.807) is 23.2 Å². The van der Waals surface area contributed by atoms with E-state index in [4.69, 9.17) is 0 Å². The number of rotatable bonds is 7. The molecule has 170 valence electrons. The van der Waals surface area contributed by atoms with Crippen molar-refractivity contribution in [3.05, 3.63) is 108 Å². The Bertz CT molecular complexity index is 1300. The van der Waals surface area contributed by atoms with E-state index in [9.17, 15) is 9.59 Å². The van der Waals surface area contributed by atoms with Crippen molar-refractivity contribution in [1.82, 2.24) is 15.1 Å². The zero-order valence-corrected chi connectivity index (χ0v) is 18.9. The Labute approximate surface area is 198 Å². The molecule has 0 atom stereocenters. The molecular formula is C28H26N4O2. The van der Waals surface area contributed by atoms with E-state index < -0.39 is 0 Å². The predicted molar refractivity (Wildman–Crippen MR) is 132 cm³/mol. The number of hydrogen-bond acceptors (Lipinski definition) is 3. The maximum Gasteiger partial charge on any atom is 0.251 e. The van der Waals surface area contributed by atoms with Crippen molar-refractivity contribution >= 4 is 17.5 Å². The van der Waals surface area contributed by atoms with Gasteiger partial charge in [0.2, 0.25) is 5.91 Å². The molecule has 1 saturated heterocycles. The van der Waals surface area contributed by atoms with Crippen LogP contribution in [0.15, 0.2) is 91.3 Å². The van der Waals surface area contributed by atoms with Crippen LogP contribution in [-0.2, 0) is 17.9 Å². The Morgan fingerprint density at radius 1 is 0.971 bits per heavy atom. The van der Waals surface area contributed by atoms with Gasteiger partial charge in [-0.2, -0.15) is 5.10 Å². The summed E-state index contributed by atoms with van der Waals surface area (Å²) in [5, 5.41) is 7.30. The number of carbonyl (C=O) groups is 2. The van der Waals surface area contributed by atoms with E-state index in [1.807, 2.05) is 47.3 Å². The van der Waals surface area contributed by atoms with E-state index in [0.29, 0.717) is 25.1 Å². The molecule has 3 aromatic carbocycles. The highest BCUT2D eigenvalue weighted by Crippen LogP contribution is 2.25. The van der Waals surface area contributed by atoms with Crippen LogP contribution in [0.3, 0.4) is 0 Å². The molecule has 0 aliphatic carbocycles. The molecular weight excluding hydrogens is 424 g/mol. The van der Waals surface area contributed by atoms with Crippen LogP contribution < -0.4 is 10.2 Å². The smallest absolute Gasteiger partial charge is 0.251 e. The molecule has 1 aliphatic rings. The Kier molecular flexibility index (Phi) is 6.21. The lowest BCUT2D eigenvalue weighted by molar-refractivity contribution is -0.117. The normalized spacial score (nSPS) is 13.3.